The van der Waals surface area contributed by atoms with Gasteiger partial charge in [-0.2, -0.15) is 4.98 Å². The van der Waals surface area contributed by atoms with Gasteiger partial charge in [-0.3, -0.25) is 0 Å². The fraction of sp³-hybridized carbons (Fsp3) is 0.167. The van der Waals surface area contributed by atoms with E-state index in [9.17, 15) is 13.9 Å². The molecule has 8 heteroatoms. The van der Waals surface area contributed by atoms with Gasteiger partial charge in [0.2, 0.25) is 5.28 Å². The van der Waals surface area contributed by atoms with Crippen LogP contribution in [0.1, 0.15) is 11.6 Å². The summed E-state index contributed by atoms with van der Waals surface area (Å²) in [5.41, 5.74) is 0.218. The third-order valence-electron chi connectivity index (χ3n) is 2.50. The van der Waals surface area contributed by atoms with Gasteiger partial charge < -0.3 is 10.4 Å². The lowest BCUT2D eigenvalue weighted by atomic mass is 10.1. The zero-order valence-electron chi connectivity index (χ0n) is 9.95. The smallest absolute Gasteiger partial charge is 0.224 e. The van der Waals surface area contributed by atoms with Gasteiger partial charge in [-0.15, -0.1) is 0 Å². The standard InChI is InChI=1S/C12H9Cl2F2N3O/c13-9-4-17-12(14)19-11(9)18-10(5-20)6-1-7(15)3-8(16)2-6/h1-4,10,20H,5H2,(H,17,18,19)/t10-/m1/s1. The molecule has 2 aromatic rings. The lowest BCUT2D eigenvalue weighted by Gasteiger charge is -2.18. The third-order valence-corrected chi connectivity index (χ3v) is 2.95. The molecule has 2 rings (SSSR count). The number of nitrogens with zero attached hydrogens (tertiary/aromatic N) is 2. The summed E-state index contributed by atoms with van der Waals surface area (Å²) in [4.78, 5) is 7.52. The minimum Gasteiger partial charge on any atom is -0.394 e. The molecule has 0 bridgehead atoms. The van der Waals surface area contributed by atoms with Crippen molar-refractivity contribution in [3.63, 3.8) is 0 Å². The minimum atomic E-state index is -0.788. The van der Waals surface area contributed by atoms with Crippen molar-refractivity contribution in [1.29, 1.82) is 0 Å². The van der Waals surface area contributed by atoms with Gasteiger partial charge >= 0.3 is 0 Å². The summed E-state index contributed by atoms with van der Waals surface area (Å²) in [6, 6.07) is 2.16. The second-order valence-electron chi connectivity index (χ2n) is 3.92. The summed E-state index contributed by atoms with van der Waals surface area (Å²) in [5, 5.41) is 12.2. The summed E-state index contributed by atoms with van der Waals surface area (Å²) >= 11 is 11.5. The molecule has 0 unspecified atom stereocenters. The number of aliphatic hydroxyl groups is 1. The molecule has 20 heavy (non-hydrogen) atoms. The first-order valence-electron chi connectivity index (χ1n) is 5.51. The number of benzene rings is 1. The van der Waals surface area contributed by atoms with Crippen molar-refractivity contribution in [3.05, 3.63) is 51.9 Å². The number of nitrogens with one attached hydrogen (secondary N) is 1. The van der Waals surface area contributed by atoms with E-state index in [-0.39, 0.29) is 21.7 Å². The second-order valence-corrected chi connectivity index (χ2v) is 4.66. The Morgan fingerprint density at radius 2 is 1.85 bits per heavy atom. The zero-order valence-corrected chi connectivity index (χ0v) is 11.5. The lowest BCUT2D eigenvalue weighted by Crippen LogP contribution is -2.16. The Kier molecular flexibility index (Phi) is 4.69. The van der Waals surface area contributed by atoms with Crippen LogP contribution in [-0.2, 0) is 0 Å². The van der Waals surface area contributed by atoms with Crippen LogP contribution in [0, 0.1) is 11.6 Å². The molecule has 106 valence electrons. The van der Waals surface area contributed by atoms with Gasteiger partial charge in [0.05, 0.1) is 18.8 Å². The lowest BCUT2D eigenvalue weighted by molar-refractivity contribution is 0.275. The third kappa shape index (κ3) is 3.53. The molecule has 1 aromatic carbocycles. The van der Waals surface area contributed by atoms with E-state index in [0.717, 1.165) is 18.2 Å². The maximum atomic E-state index is 13.2. The highest BCUT2D eigenvalue weighted by Gasteiger charge is 2.15. The van der Waals surface area contributed by atoms with Crippen LogP contribution < -0.4 is 5.32 Å². The Morgan fingerprint density at radius 1 is 1.20 bits per heavy atom. The van der Waals surface area contributed by atoms with Gasteiger partial charge in [0.1, 0.15) is 22.5 Å². The number of hydrogen-bond donors (Lipinski definition) is 2. The molecule has 0 aliphatic carbocycles. The Bertz CT molecular complexity index is 607. The van der Waals surface area contributed by atoms with Gasteiger partial charge in [-0.05, 0) is 29.3 Å². The van der Waals surface area contributed by atoms with Crippen molar-refractivity contribution in [2.24, 2.45) is 0 Å². The highest BCUT2D eigenvalue weighted by molar-refractivity contribution is 6.33. The second kappa shape index (κ2) is 6.30. The van der Waals surface area contributed by atoms with E-state index in [2.05, 4.69) is 15.3 Å². The van der Waals surface area contributed by atoms with Crippen LogP contribution in [0.25, 0.3) is 0 Å². The monoisotopic (exact) mass is 319 g/mol. The first-order valence-corrected chi connectivity index (χ1v) is 6.26. The Balaban J connectivity index is 2.30. The number of aromatic nitrogens is 2. The average Bonchev–Trinajstić information content (AvgIpc) is 2.38. The van der Waals surface area contributed by atoms with E-state index in [1.165, 1.54) is 6.20 Å². The van der Waals surface area contributed by atoms with Crippen LogP contribution in [-0.4, -0.2) is 21.7 Å². The molecule has 0 amide bonds. The predicted molar refractivity (Wildman–Crippen MR) is 71.9 cm³/mol. The van der Waals surface area contributed by atoms with E-state index in [1.807, 2.05) is 0 Å². The van der Waals surface area contributed by atoms with E-state index in [0.29, 0.717) is 0 Å². The van der Waals surface area contributed by atoms with E-state index >= 15 is 0 Å². The van der Waals surface area contributed by atoms with E-state index < -0.39 is 24.3 Å². The largest absolute Gasteiger partial charge is 0.394 e. The first-order chi connectivity index (χ1) is 9.49. The normalized spacial score (nSPS) is 12.2. The molecule has 0 radical (unpaired) electrons. The van der Waals surface area contributed by atoms with Gasteiger partial charge in [0.25, 0.3) is 0 Å². The number of anilines is 1. The number of aliphatic hydroxyl groups excluding tert-OH is 1. The fourth-order valence-corrected chi connectivity index (χ4v) is 1.90. The molecule has 0 fully saturated rings. The molecule has 0 aliphatic rings. The number of halogens is 4. The molecular formula is C12H9Cl2F2N3O. The van der Waals surface area contributed by atoms with Gasteiger partial charge in [-0.25, -0.2) is 13.8 Å². The summed E-state index contributed by atoms with van der Waals surface area (Å²) in [5.74, 6) is -1.32. The highest BCUT2D eigenvalue weighted by Crippen LogP contribution is 2.25. The Hall–Kier alpha value is -1.50. The Labute approximate surface area is 123 Å². The number of rotatable bonds is 4. The molecule has 0 saturated carbocycles. The van der Waals surface area contributed by atoms with Gasteiger partial charge in [0, 0.05) is 6.07 Å². The molecule has 1 atom stereocenters. The minimum absolute atomic E-state index is 0.0426. The maximum absolute atomic E-state index is 13.2. The summed E-state index contributed by atoms with van der Waals surface area (Å²) in [6.07, 6.45) is 1.28. The van der Waals surface area contributed by atoms with Crippen molar-refractivity contribution in [2.75, 3.05) is 11.9 Å². The van der Waals surface area contributed by atoms with Gasteiger partial charge in [-0.1, -0.05) is 11.6 Å². The van der Waals surface area contributed by atoms with Crippen molar-refractivity contribution in [1.82, 2.24) is 9.97 Å². The SMILES string of the molecule is OC[C@@H](Nc1nc(Cl)ncc1Cl)c1cc(F)cc(F)c1. The van der Waals surface area contributed by atoms with Crippen LogP contribution in [0.15, 0.2) is 24.4 Å². The quantitative estimate of drug-likeness (QED) is 0.850. The molecule has 1 aromatic heterocycles. The van der Waals surface area contributed by atoms with Crippen LogP contribution in [0.2, 0.25) is 10.3 Å². The zero-order chi connectivity index (χ0) is 14.7. The van der Waals surface area contributed by atoms with Crippen LogP contribution in [0.4, 0.5) is 14.6 Å². The van der Waals surface area contributed by atoms with Crippen molar-refractivity contribution < 1.29 is 13.9 Å². The summed E-state index contributed by atoms with van der Waals surface area (Å²) in [7, 11) is 0. The summed E-state index contributed by atoms with van der Waals surface area (Å²) < 4.78 is 26.4. The number of hydrogen-bond acceptors (Lipinski definition) is 4. The molecule has 2 N–H and O–H groups in total. The molecule has 0 aliphatic heterocycles. The van der Waals surface area contributed by atoms with E-state index in [4.69, 9.17) is 23.2 Å². The Morgan fingerprint density at radius 3 is 2.45 bits per heavy atom. The van der Waals surface area contributed by atoms with Crippen molar-refractivity contribution in [3.8, 4) is 0 Å². The maximum Gasteiger partial charge on any atom is 0.224 e. The molecule has 4 nitrogen and oxygen atoms in total. The topological polar surface area (TPSA) is 58.0 Å². The summed E-state index contributed by atoms with van der Waals surface area (Å²) in [6.45, 7) is -0.416. The van der Waals surface area contributed by atoms with Crippen LogP contribution >= 0.6 is 23.2 Å². The van der Waals surface area contributed by atoms with Crippen molar-refractivity contribution >= 4 is 29.0 Å². The molecule has 0 saturated heterocycles. The fourth-order valence-electron chi connectivity index (χ4n) is 1.62. The molecule has 1 heterocycles. The van der Waals surface area contributed by atoms with Gasteiger partial charge in [0.15, 0.2) is 0 Å². The van der Waals surface area contributed by atoms with Crippen LogP contribution in [0.5, 0.6) is 0 Å². The highest BCUT2D eigenvalue weighted by atomic mass is 35.5. The first kappa shape index (κ1) is 14.9. The predicted octanol–water partition coefficient (Wildman–Crippen LogP) is 3.21. The average molecular weight is 320 g/mol. The van der Waals surface area contributed by atoms with Crippen LogP contribution in [0.3, 0.4) is 0 Å². The molecular weight excluding hydrogens is 311 g/mol. The molecule has 0 spiro atoms. The van der Waals surface area contributed by atoms with Crippen molar-refractivity contribution in [2.45, 2.75) is 6.04 Å². The van der Waals surface area contributed by atoms with E-state index in [1.54, 1.807) is 0 Å².